The molecule has 0 spiro atoms. The van der Waals surface area contributed by atoms with Crippen LogP contribution in [-0.4, -0.2) is 84.7 Å². The largest absolute Gasteiger partial charge is 0.477 e. The summed E-state index contributed by atoms with van der Waals surface area (Å²) in [4.78, 5) is 57.4. The molecule has 11 heteroatoms. The summed E-state index contributed by atoms with van der Waals surface area (Å²) in [5.41, 5.74) is 6.30. The van der Waals surface area contributed by atoms with Crippen molar-refractivity contribution in [1.82, 2.24) is 14.8 Å². The van der Waals surface area contributed by atoms with Gasteiger partial charge >= 0.3 is 12.1 Å². The first kappa shape index (κ1) is 25.7. The SMILES string of the molecule is CCOC(=O)N1CCN(C(=O)Cc2nc3ccccc3c(OC(CC)C(=O)OC)c2C(N)=O)CC1. The molecule has 2 heterocycles. The molecule has 188 valence electrons. The number of para-hydroxylation sites is 1. The summed E-state index contributed by atoms with van der Waals surface area (Å²) in [5, 5.41) is 0.489. The molecule has 1 atom stereocenters. The van der Waals surface area contributed by atoms with Gasteiger partial charge in [-0.3, -0.25) is 14.6 Å². The lowest BCUT2D eigenvalue weighted by Crippen LogP contribution is -2.51. The molecule has 2 aromatic rings. The van der Waals surface area contributed by atoms with Crippen molar-refractivity contribution in [2.24, 2.45) is 5.73 Å². The number of nitrogens with zero attached hydrogens (tertiary/aromatic N) is 3. The molecule has 1 aliphatic heterocycles. The van der Waals surface area contributed by atoms with Crippen LogP contribution in [0.3, 0.4) is 0 Å². The number of carbonyl (C=O) groups is 4. The van der Waals surface area contributed by atoms with Crippen LogP contribution in [0.15, 0.2) is 24.3 Å². The summed E-state index contributed by atoms with van der Waals surface area (Å²) < 4.78 is 15.8. The number of hydrogen-bond acceptors (Lipinski definition) is 8. The third-order valence-corrected chi connectivity index (χ3v) is 5.74. The number of hydrogen-bond donors (Lipinski definition) is 1. The highest BCUT2D eigenvalue weighted by Gasteiger charge is 2.29. The van der Waals surface area contributed by atoms with E-state index in [2.05, 4.69) is 4.98 Å². The molecule has 0 radical (unpaired) electrons. The number of carbonyl (C=O) groups excluding carboxylic acids is 4. The predicted octanol–water partition coefficient (Wildman–Crippen LogP) is 1.51. The monoisotopic (exact) mass is 486 g/mol. The van der Waals surface area contributed by atoms with Crippen molar-refractivity contribution in [2.75, 3.05) is 39.9 Å². The average molecular weight is 487 g/mol. The topological polar surface area (TPSA) is 141 Å². The molecule has 3 rings (SSSR count). The number of fused-ring (bicyclic) bond motifs is 1. The van der Waals surface area contributed by atoms with Crippen molar-refractivity contribution in [3.63, 3.8) is 0 Å². The Bertz CT molecular complexity index is 1110. The Morgan fingerprint density at radius 1 is 1.06 bits per heavy atom. The Morgan fingerprint density at radius 3 is 2.31 bits per heavy atom. The maximum Gasteiger partial charge on any atom is 0.409 e. The molecule has 11 nitrogen and oxygen atoms in total. The van der Waals surface area contributed by atoms with E-state index in [1.165, 1.54) is 7.11 Å². The van der Waals surface area contributed by atoms with Gasteiger partial charge in [0.15, 0.2) is 6.10 Å². The summed E-state index contributed by atoms with van der Waals surface area (Å²) >= 11 is 0. The van der Waals surface area contributed by atoms with Gasteiger partial charge in [0.25, 0.3) is 5.91 Å². The molecular formula is C24H30N4O7. The van der Waals surface area contributed by atoms with Crippen molar-refractivity contribution >= 4 is 34.8 Å². The van der Waals surface area contributed by atoms with Crippen LogP contribution in [-0.2, 0) is 25.5 Å². The van der Waals surface area contributed by atoms with Gasteiger partial charge in [0.2, 0.25) is 5.91 Å². The predicted molar refractivity (Wildman–Crippen MR) is 126 cm³/mol. The summed E-state index contributed by atoms with van der Waals surface area (Å²) in [5.74, 6) is -1.60. The van der Waals surface area contributed by atoms with Gasteiger partial charge in [-0.2, -0.15) is 0 Å². The van der Waals surface area contributed by atoms with Crippen LogP contribution in [0, 0.1) is 0 Å². The molecule has 1 fully saturated rings. The van der Waals surface area contributed by atoms with Gasteiger partial charge in [-0.05, 0) is 25.5 Å². The van der Waals surface area contributed by atoms with Crippen molar-refractivity contribution in [3.05, 3.63) is 35.5 Å². The van der Waals surface area contributed by atoms with Crippen molar-refractivity contribution < 1.29 is 33.4 Å². The Balaban J connectivity index is 1.91. The van der Waals surface area contributed by atoms with E-state index in [1.807, 2.05) is 0 Å². The molecule has 1 unspecified atom stereocenters. The van der Waals surface area contributed by atoms with Crippen molar-refractivity contribution in [2.45, 2.75) is 32.8 Å². The van der Waals surface area contributed by atoms with E-state index in [1.54, 1.807) is 47.9 Å². The molecule has 35 heavy (non-hydrogen) atoms. The van der Waals surface area contributed by atoms with Gasteiger partial charge in [-0.1, -0.05) is 19.1 Å². The van der Waals surface area contributed by atoms with Crippen LogP contribution in [0.1, 0.15) is 36.3 Å². The Labute approximate surface area is 203 Å². The molecule has 0 aliphatic carbocycles. The van der Waals surface area contributed by atoms with Gasteiger partial charge in [0.1, 0.15) is 11.3 Å². The van der Waals surface area contributed by atoms with Crippen molar-refractivity contribution in [3.8, 4) is 5.75 Å². The molecule has 1 aromatic carbocycles. The zero-order valence-corrected chi connectivity index (χ0v) is 20.1. The number of pyridine rings is 1. The lowest BCUT2D eigenvalue weighted by atomic mass is 10.0. The highest BCUT2D eigenvalue weighted by Crippen LogP contribution is 2.32. The van der Waals surface area contributed by atoms with Crippen LogP contribution >= 0.6 is 0 Å². The van der Waals surface area contributed by atoms with Gasteiger partial charge in [-0.25, -0.2) is 9.59 Å². The van der Waals surface area contributed by atoms with E-state index in [-0.39, 0.29) is 35.9 Å². The third kappa shape index (κ3) is 5.79. The minimum Gasteiger partial charge on any atom is -0.477 e. The zero-order valence-electron chi connectivity index (χ0n) is 20.1. The normalized spacial score (nSPS) is 14.4. The minimum absolute atomic E-state index is 0.0513. The number of nitrogens with two attached hydrogens (primary N) is 1. The molecular weight excluding hydrogens is 456 g/mol. The number of aromatic nitrogens is 1. The smallest absolute Gasteiger partial charge is 0.409 e. The number of benzene rings is 1. The van der Waals surface area contributed by atoms with E-state index < -0.39 is 24.1 Å². The second kappa shape index (κ2) is 11.5. The second-order valence-corrected chi connectivity index (χ2v) is 7.93. The second-order valence-electron chi connectivity index (χ2n) is 7.93. The van der Waals surface area contributed by atoms with E-state index in [0.29, 0.717) is 43.5 Å². The summed E-state index contributed by atoms with van der Waals surface area (Å²) in [6.45, 7) is 5.07. The summed E-state index contributed by atoms with van der Waals surface area (Å²) in [6.07, 6.45) is -1.29. The standard InChI is InChI=1S/C24H30N4O7/c1-4-18(23(31)33-3)35-21-15-8-6-7-9-16(15)26-17(20(21)22(25)30)14-19(29)27-10-12-28(13-11-27)24(32)34-5-2/h6-9,18H,4-5,10-14H2,1-3H3,(H2,25,30). The Hall–Kier alpha value is -3.89. The quantitative estimate of drug-likeness (QED) is 0.554. The fraction of sp³-hybridized carbons (Fsp3) is 0.458. The van der Waals surface area contributed by atoms with Gasteiger partial charge in [0.05, 0.1) is 31.3 Å². The van der Waals surface area contributed by atoms with Crippen molar-refractivity contribution in [1.29, 1.82) is 0 Å². The molecule has 3 amide bonds. The fourth-order valence-corrected chi connectivity index (χ4v) is 3.91. The van der Waals surface area contributed by atoms with Gasteiger partial charge in [0, 0.05) is 31.6 Å². The third-order valence-electron chi connectivity index (χ3n) is 5.74. The number of ether oxygens (including phenoxy) is 3. The van der Waals surface area contributed by atoms with E-state index in [4.69, 9.17) is 19.9 Å². The van der Waals surface area contributed by atoms with Crippen LogP contribution in [0.4, 0.5) is 4.79 Å². The molecule has 1 aliphatic rings. The maximum absolute atomic E-state index is 13.1. The van der Waals surface area contributed by atoms with Crippen LogP contribution in [0.5, 0.6) is 5.75 Å². The summed E-state index contributed by atoms with van der Waals surface area (Å²) in [6, 6.07) is 6.93. The first-order valence-corrected chi connectivity index (χ1v) is 11.5. The van der Waals surface area contributed by atoms with E-state index >= 15 is 0 Å². The number of piperazine rings is 1. The molecule has 1 aromatic heterocycles. The van der Waals surface area contributed by atoms with Crippen LogP contribution < -0.4 is 10.5 Å². The number of rotatable bonds is 8. The number of primary amides is 1. The lowest BCUT2D eigenvalue weighted by molar-refractivity contribution is -0.148. The van der Waals surface area contributed by atoms with E-state index in [9.17, 15) is 19.2 Å². The lowest BCUT2D eigenvalue weighted by Gasteiger charge is -2.34. The van der Waals surface area contributed by atoms with Crippen LogP contribution in [0.25, 0.3) is 10.9 Å². The molecule has 1 saturated heterocycles. The highest BCUT2D eigenvalue weighted by atomic mass is 16.6. The number of methoxy groups -OCH3 is 1. The number of amides is 3. The minimum atomic E-state index is -0.969. The maximum atomic E-state index is 13.1. The highest BCUT2D eigenvalue weighted by molar-refractivity contribution is 6.04. The number of esters is 1. The first-order chi connectivity index (χ1) is 16.8. The summed E-state index contributed by atoms with van der Waals surface area (Å²) in [7, 11) is 1.25. The Kier molecular flexibility index (Phi) is 8.45. The fourth-order valence-electron chi connectivity index (χ4n) is 3.91. The average Bonchev–Trinajstić information content (AvgIpc) is 2.86. The molecule has 2 N–H and O–H groups in total. The zero-order chi connectivity index (χ0) is 25.5. The van der Waals surface area contributed by atoms with Gasteiger partial charge in [-0.15, -0.1) is 0 Å². The van der Waals surface area contributed by atoms with Gasteiger partial charge < -0.3 is 29.7 Å². The van der Waals surface area contributed by atoms with E-state index in [0.717, 1.165) is 0 Å². The Morgan fingerprint density at radius 2 is 1.71 bits per heavy atom. The first-order valence-electron chi connectivity index (χ1n) is 11.5. The van der Waals surface area contributed by atoms with Crippen LogP contribution in [0.2, 0.25) is 0 Å². The molecule has 0 bridgehead atoms. The molecule has 0 saturated carbocycles.